The van der Waals surface area contributed by atoms with E-state index in [0.29, 0.717) is 11.6 Å². The molecule has 1 aliphatic heterocycles. The topological polar surface area (TPSA) is 66.8 Å². The Morgan fingerprint density at radius 3 is 2.50 bits per heavy atom. The second-order valence-corrected chi connectivity index (χ2v) is 8.54. The molecule has 2 atom stereocenters. The van der Waals surface area contributed by atoms with Crippen LogP contribution in [0.1, 0.15) is 11.5 Å². The minimum Gasteiger partial charge on any atom is -0.508 e. The standard InChI is InChI=1S/C19H20ClNO4S/c1-25-11-10-14-12-21(13-18(14)17-4-2-3-5-19(17)22)26(23,24)16-8-6-15(20)7-9-16/h2-11,14,18,22H,12-13H2,1H3. The van der Waals surface area contributed by atoms with Gasteiger partial charge in [-0.1, -0.05) is 29.8 Å². The molecule has 0 bridgehead atoms. The highest BCUT2D eigenvalue weighted by molar-refractivity contribution is 7.89. The van der Waals surface area contributed by atoms with E-state index in [1.165, 1.54) is 16.4 Å². The number of phenolic OH excluding ortho intramolecular Hbond substituents is 1. The van der Waals surface area contributed by atoms with E-state index in [0.717, 1.165) is 5.56 Å². The van der Waals surface area contributed by atoms with Gasteiger partial charge in [-0.3, -0.25) is 0 Å². The number of rotatable bonds is 5. The summed E-state index contributed by atoms with van der Waals surface area (Å²) in [5.74, 6) is -0.103. The molecule has 0 aromatic heterocycles. The van der Waals surface area contributed by atoms with Crippen LogP contribution in [-0.4, -0.2) is 38.0 Å². The molecule has 138 valence electrons. The Balaban J connectivity index is 1.94. The maximum atomic E-state index is 13.0. The largest absolute Gasteiger partial charge is 0.508 e. The van der Waals surface area contributed by atoms with Crippen LogP contribution < -0.4 is 0 Å². The highest BCUT2D eigenvalue weighted by Crippen LogP contribution is 2.39. The molecule has 0 saturated carbocycles. The van der Waals surface area contributed by atoms with Gasteiger partial charge >= 0.3 is 0 Å². The Bertz CT molecular complexity index is 896. The zero-order chi connectivity index (χ0) is 18.7. The first-order valence-corrected chi connectivity index (χ1v) is 9.98. The normalized spacial score (nSPS) is 21.3. The van der Waals surface area contributed by atoms with Crippen LogP contribution in [0.25, 0.3) is 0 Å². The van der Waals surface area contributed by atoms with Crippen molar-refractivity contribution in [2.45, 2.75) is 10.8 Å². The molecular formula is C19H20ClNO4S. The quantitative estimate of drug-likeness (QED) is 0.788. The van der Waals surface area contributed by atoms with Gasteiger partial charge in [0.15, 0.2) is 0 Å². The van der Waals surface area contributed by atoms with Gasteiger partial charge in [0.25, 0.3) is 0 Å². The van der Waals surface area contributed by atoms with Crippen LogP contribution in [0, 0.1) is 5.92 Å². The lowest BCUT2D eigenvalue weighted by molar-refractivity contribution is 0.333. The Hall–Kier alpha value is -2.02. The number of nitrogens with zero attached hydrogens (tertiary/aromatic N) is 1. The summed E-state index contributed by atoms with van der Waals surface area (Å²) in [7, 11) is -2.10. The number of halogens is 1. The van der Waals surface area contributed by atoms with Crippen molar-refractivity contribution in [3.8, 4) is 5.75 Å². The number of ether oxygens (including phenoxy) is 1. The molecule has 1 aliphatic rings. The van der Waals surface area contributed by atoms with Crippen LogP contribution in [0.3, 0.4) is 0 Å². The molecule has 2 aromatic carbocycles. The summed E-state index contributed by atoms with van der Waals surface area (Å²) in [6.07, 6.45) is 3.39. The van der Waals surface area contributed by atoms with Gasteiger partial charge in [0, 0.05) is 29.9 Å². The Labute approximate surface area is 158 Å². The van der Waals surface area contributed by atoms with E-state index in [4.69, 9.17) is 16.3 Å². The molecule has 0 amide bonds. The van der Waals surface area contributed by atoms with Crippen LogP contribution in [-0.2, 0) is 14.8 Å². The van der Waals surface area contributed by atoms with Gasteiger partial charge in [0.1, 0.15) is 5.75 Å². The van der Waals surface area contributed by atoms with Gasteiger partial charge in [0.2, 0.25) is 10.0 Å². The van der Waals surface area contributed by atoms with Crippen molar-refractivity contribution in [1.29, 1.82) is 0 Å². The fraction of sp³-hybridized carbons (Fsp3) is 0.263. The maximum Gasteiger partial charge on any atom is 0.243 e. The van der Waals surface area contributed by atoms with Gasteiger partial charge in [-0.15, -0.1) is 0 Å². The van der Waals surface area contributed by atoms with Gasteiger partial charge in [-0.2, -0.15) is 4.31 Å². The lowest BCUT2D eigenvalue weighted by Gasteiger charge is -2.17. The predicted octanol–water partition coefficient (Wildman–Crippen LogP) is 3.61. The number of phenols is 1. The number of para-hydroxylation sites is 1. The minimum absolute atomic E-state index is 0.106. The maximum absolute atomic E-state index is 13.0. The Morgan fingerprint density at radius 2 is 1.85 bits per heavy atom. The van der Waals surface area contributed by atoms with Crippen LogP contribution in [0.2, 0.25) is 5.02 Å². The monoisotopic (exact) mass is 393 g/mol. The molecule has 26 heavy (non-hydrogen) atoms. The SMILES string of the molecule is COC=CC1CN(S(=O)(=O)c2ccc(Cl)cc2)CC1c1ccccc1O. The van der Waals surface area contributed by atoms with Crippen molar-refractivity contribution in [1.82, 2.24) is 4.31 Å². The number of hydrogen-bond acceptors (Lipinski definition) is 4. The molecule has 2 unspecified atom stereocenters. The van der Waals surface area contributed by atoms with E-state index in [1.54, 1.807) is 37.6 Å². The summed E-state index contributed by atoms with van der Waals surface area (Å²) < 4.78 is 32.4. The summed E-state index contributed by atoms with van der Waals surface area (Å²) in [4.78, 5) is 0.203. The van der Waals surface area contributed by atoms with E-state index < -0.39 is 10.0 Å². The average Bonchev–Trinajstić information content (AvgIpc) is 3.05. The average molecular weight is 394 g/mol. The molecule has 1 fully saturated rings. The number of hydrogen-bond donors (Lipinski definition) is 1. The summed E-state index contributed by atoms with van der Waals surface area (Å²) in [6.45, 7) is 0.588. The molecule has 0 spiro atoms. The number of aromatic hydroxyl groups is 1. The van der Waals surface area contributed by atoms with Crippen molar-refractivity contribution in [3.63, 3.8) is 0 Å². The molecule has 7 heteroatoms. The molecule has 2 aromatic rings. The van der Waals surface area contributed by atoms with Crippen molar-refractivity contribution >= 4 is 21.6 Å². The zero-order valence-electron chi connectivity index (χ0n) is 14.2. The highest BCUT2D eigenvalue weighted by atomic mass is 35.5. The number of methoxy groups -OCH3 is 1. The van der Waals surface area contributed by atoms with E-state index in [2.05, 4.69) is 0 Å². The Kier molecular flexibility index (Phi) is 5.55. The second kappa shape index (κ2) is 7.70. The lowest BCUT2D eigenvalue weighted by atomic mass is 9.88. The summed E-state index contributed by atoms with van der Waals surface area (Å²) in [5.41, 5.74) is 0.729. The number of benzene rings is 2. The molecule has 0 aliphatic carbocycles. The number of sulfonamides is 1. The summed E-state index contributed by atoms with van der Waals surface area (Å²) in [5, 5.41) is 10.7. The van der Waals surface area contributed by atoms with Gasteiger partial charge in [0.05, 0.1) is 18.3 Å². The van der Waals surface area contributed by atoms with Crippen molar-refractivity contribution in [3.05, 3.63) is 71.5 Å². The van der Waals surface area contributed by atoms with Crippen molar-refractivity contribution < 1.29 is 18.3 Å². The smallest absolute Gasteiger partial charge is 0.243 e. The third kappa shape index (κ3) is 3.72. The van der Waals surface area contributed by atoms with E-state index in [-0.39, 0.29) is 29.0 Å². The fourth-order valence-corrected chi connectivity index (χ4v) is 4.88. The van der Waals surface area contributed by atoms with E-state index in [9.17, 15) is 13.5 Å². The fourth-order valence-electron chi connectivity index (χ4n) is 3.25. The molecule has 1 N–H and O–H groups in total. The summed E-state index contributed by atoms with van der Waals surface area (Å²) in [6, 6.07) is 13.2. The third-order valence-electron chi connectivity index (χ3n) is 4.58. The van der Waals surface area contributed by atoms with Crippen LogP contribution in [0.4, 0.5) is 0 Å². The predicted molar refractivity (Wildman–Crippen MR) is 101 cm³/mol. The first-order valence-electron chi connectivity index (χ1n) is 8.16. The summed E-state index contributed by atoms with van der Waals surface area (Å²) >= 11 is 5.86. The van der Waals surface area contributed by atoms with Crippen molar-refractivity contribution in [2.24, 2.45) is 5.92 Å². The van der Waals surface area contributed by atoms with E-state index in [1.807, 2.05) is 18.2 Å². The highest BCUT2D eigenvalue weighted by Gasteiger charge is 2.39. The van der Waals surface area contributed by atoms with E-state index >= 15 is 0 Å². The van der Waals surface area contributed by atoms with Gasteiger partial charge in [-0.25, -0.2) is 8.42 Å². The molecular weight excluding hydrogens is 374 g/mol. The molecule has 5 nitrogen and oxygen atoms in total. The molecule has 1 saturated heterocycles. The van der Waals surface area contributed by atoms with Crippen molar-refractivity contribution in [2.75, 3.05) is 20.2 Å². The van der Waals surface area contributed by atoms with Crippen LogP contribution >= 0.6 is 11.6 Å². The third-order valence-corrected chi connectivity index (χ3v) is 6.68. The zero-order valence-corrected chi connectivity index (χ0v) is 15.8. The molecule has 3 rings (SSSR count). The minimum atomic E-state index is -3.65. The second-order valence-electron chi connectivity index (χ2n) is 6.17. The Morgan fingerprint density at radius 1 is 1.15 bits per heavy atom. The molecule has 1 heterocycles. The van der Waals surface area contributed by atoms with Crippen LogP contribution in [0.15, 0.2) is 65.8 Å². The molecule has 0 radical (unpaired) electrons. The lowest BCUT2D eigenvalue weighted by Crippen LogP contribution is -2.29. The van der Waals surface area contributed by atoms with Crippen LogP contribution in [0.5, 0.6) is 5.75 Å². The first kappa shape index (κ1) is 18.8. The van der Waals surface area contributed by atoms with Gasteiger partial charge < -0.3 is 9.84 Å². The first-order chi connectivity index (χ1) is 12.4. The van der Waals surface area contributed by atoms with Gasteiger partial charge in [-0.05, 0) is 42.0 Å².